The largest absolute Gasteiger partial charge is 0.207 e. The van der Waals surface area contributed by atoms with Gasteiger partial charge in [-0.1, -0.05) is 82.6 Å². The molecule has 5 aromatic rings. The molecule has 0 fully saturated rings. The van der Waals surface area contributed by atoms with E-state index in [9.17, 15) is 22.0 Å². The van der Waals surface area contributed by atoms with Crippen LogP contribution in [-0.2, 0) is 64.2 Å². The molecule has 0 amide bonds. The molecule has 0 aromatic heterocycles. The fraction of sp³-hybridized carbons (Fsp3) is 0.500. The summed E-state index contributed by atoms with van der Waals surface area (Å²) in [5, 5.41) is 0. The van der Waals surface area contributed by atoms with Crippen LogP contribution in [0.2, 0.25) is 0 Å². The van der Waals surface area contributed by atoms with Gasteiger partial charge in [-0.2, -0.15) is 0 Å². The molecule has 10 rings (SSSR count). The minimum atomic E-state index is -0.407. The van der Waals surface area contributed by atoms with Gasteiger partial charge < -0.3 is 0 Å². The van der Waals surface area contributed by atoms with Gasteiger partial charge in [-0.05, 0) is 251 Å². The van der Waals surface area contributed by atoms with Gasteiger partial charge in [0.2, 0.25) is 0 Å². The summed E-state index contributed by atoms with van der Waals surface area (Å²) >= 11 is 0. The molecular formula is C60H75F5Th9. The molecule has 0 saturated heterocycles. The standard InChI is InChI=1S/C12H14F2.3C12H15F.C12H16.9Th/c1-7-3-4-10-9(5-7)6-11(13)8(2)12(10)14;1-8-3-6-11-10(7-8)5-4-9(2)12(11)13;1-8-3-4-10-5-9(2)7-12(13)11(10)6-8;1-8-3-4-10-6-9(2)12(13)7-11(10)5-8;1-9-3-5-12-8-10(2)4-6-11(12)7-9;;;;;;;;;/h6-7H,3-5H2,1-2H3;4-5,8H,3,6-7H2,1-2H3;5,7-8H,3-4,6H2,1-2H3;6-8H,3-5H2,1-2H3;3,5,7,10H,4,6,8H2,1-2H3;;;;;;;;;. The normalized spacial score (nSPS) is 18.7. The van der Waals surface area contributed by atoms with Gasteiger partial charge in [0.05, 0.1) is 0 Å². The molecule has 14 heteroatoms. The Labute approximate surface area is 732 Å². The van der Waals surface area contributed by atoms with Crippen LogP contribution in [0.1, 0.15) is 150 Å². The molecule has 0 saturated carbocycles. The molecule has 5 aliphatic carbocycles. The Bertz CT molecular complexity index is 2460. The first kappa shape index (κ1) is 88.1. The maximum Gasteiger partial charge on any atom is 0.132 e. The molecule has 0 N–H and O–H groups in total. The van der Waals surface area contributed by atoms with Crippen LogP contribution in [0.3, 0.4) is 0 Å². The minimum absolute atomic E-state index is 0. The number of halogens is 5. The summed E-state index contributed by atoms with van der Waals surface area (Å²) < 4.78 is 67.2. The number of benzene rings is 5. The summed E-state index contributed by atoms with van der Waals surface area (Å²) in [6.07, 6.45) is 16.2. The first-order chi connectivity index (χ1) is 30.9. The van der Waals surface area contributed by atoms with Crippen molar-refractivity contribution in [1.82, 2.24) is 0 Å². The van der Waals surface area contributed by atoms with E-state index in [4.69, 9.17) is 0 Å². The molecule has 5 aromatic carbocycles. The summed E-state index contributed by atoms with van der Waals surface area (Å²) in [5.41, 5.74) is 15.9. The summed E-state index contributed by atoms with van der Waals surface area (Å²) in [5.74, 6) is 2.76. The van der Waals surface area contributed by atoms with E-state index < -0.39 is 5.82 Å². The Hall–Kier alpha value is 7.67. The predicted molar refractivity (Wildman–Crippen MR) is 262 cm³/mol. The van der Waals surface area contributed by atoms with Gasteiger partial charge in [-0.15, -0.1) is 0 Å². The number of hydrogen-bond acceptors (Lipinski definition) is 0. The summed E-state index contributed by atoms with van der Waals surface area (Å²) in [7, 11) is 0. The Morgan fingerprint density at radius 1 is 0.311 bits per heavy atom. The van der Waals surface area contributed by atoms with E-state index >= 15 is 0 Å². The van der Waals surface area contributed by atoms with Crippen LogP contribution >= 0.6 is 0 Å². The number of fused-ring (bicyclic) bond motifs is 5. The second kappa shape index (κ2) is 44.2. The molecule has 74 heavy (non-hydrogen) atoms. The van der Waals surface area contributed by atoms with Gasteiger partial charge in [-0.25, -0.2) is 22.0 Å². The first-order valence-corrected chi connectivity index (χ1v) is 24.7. The number of hydrogen-bond donors (Lipinski definition) is 0. The van der Waals surface area contributed by atoms with Crippen molar-refractivity contribution in [2.24, 2.45) is 29.6 Å². The van der Waals surface area contributed by atoms with Crippen molar-refractivity contribution in [3.8, 4) is 0 Å². The summed E-state index contributed by atoms with van der Waals surface area (Å²) in [4.78, 5) is 0. The zero-order chi connectivity index (χ0) is 47.1. The van der Waals surface area contributed by atoms with E-state index in [1.54, 1.807) is 23.3 Å². The maximum atomic E-state index is 13.6. The minimum Gasteiger partial charge on any atom is -0.207 e. The van der Waals surface area contributed by atoms with E-state index in [-0.39, 0.29) is 388 Å². The van der Waals surface area contributed by atoms with Crippen molar-refractivity contribution >= 4 is 0 Å². The van der Waals surface area contributed by atoms with Gasteiger partial charge in [0.25, 0.3) is 0 Å². The number of aryl methyl sites for hydroxylation is 7. The van der Waals surface area contributed by atoms with Crippen LogP contribution in [0.4, 0.5) is 22.0 Å². The molecule has 5 aliphatic rings. The van der Waals surface area contributed by atoms with E-state index in [0.29, 0.717) is 11.8 Å². The second-order valence-corrected chi connectivity index (χ2v) is 21.0. The Kier molecular flexibility index (Phi) is 52.6. The molecule has 5 atom stereocenters. The summed E-state index contributed by atoms with van der Waals surface area (Å²) in [6, 6.07) is 19.9. The van der Waals surface area contributed by atoms with Crippen LogP contribution in [0.5, 0.6) is 0 Å². The third-order valence-electron chi connectivity index (χ3n) is 14.8. The van der Waals surface area contributed by atoms with Gasteiger partial charge in [0, 0.05) is 365 Å². The molecule has 5 unspecified atom stereocenters. The molecule has 0 aliphatic heterocycles. The average molecular weight is 2980 g/mol. The van der Waals surface area contributed by atoms with Crippen LogP contribution in [0, 0.1) is 453 Å². The van der Waals surface area contributed by atoms with Gasteiger partial charge in [0.15, 0.2) is 0 Å². The zero-order valence-corrected chi connectivity index (χ0v) is 82.6. The Morgan fingerprint density at radius 3 is 1.30 bits per heavy atom. The quantitative estimate of drug-likeness (QED) is 0.136. The zero-order valence-electron chi connectivity index (χ0n) is 45.7. The molecular weight excluding hydrogens is 2900 g/mol. The van der Waals surface area contributed by atoms with E-state index in [0.717, 1.165) is 121 Å². The third-order valence-corrected chi connectivity index (χ3v) is 14.8. The van der Waals surface area contributed by atoms with Crippen molar-refractivity contribution in [2.45, 2.75) is 166 Å². The molecule has 0 spiro atoms. The summed E-state index contributed by atoms with van der Waals surface area (Å²) in [6.45, 7) is 20.5. The van der Waals surface area contributed by atoms with Crippen LogP contribution in [0.25, 0.3) is 0 Å². The van der Waals surface area contributed by atoms with Crippen LogP contribution < -0.4 is 0 Å². The fourth-order valence-electron chi connectivity index (χ4n) is 10.5. The first-order valence-electron chi connectivity index (χ1n) is 24.7. The molecule has 0 radical (unpaired) electrons. The predicted octanol–water partition coefficient (Wildman–Crippen LogP) is 16.3. The SMILES string of the molecule is Cc1c(F)cc2c(c1F)CCC(C)C2.Cc1cc(F)c2c(c1)CCC(C)C2.Cc1cc2c(cc1F)CC(C)CC2.Cc1ccc2c(c1)CCC(C)C2.Cc1ccc2c(c1F)CCC(C)C2.[Th].[Th].[Th].[Th].[Th].[Th].[Th].[Th].[Th]. The third kappa shape index (κ3) is 27.2. The molecule has 386 valence electrons. The van der Waals surface area contributed by atoms with Crippen LogP contribution in [0.15, 0.2) is 60.7 Å². The van der Waals surface area contributed by atoms with Crippen LogP contribution in [-0.4, -0.2) is 0 Å². The monoisotopic (exact) mass is 2980 g/mol. The molecule has 0 nitrogen and oxygen atoms in total. The van der Waals surface area contributed by atoms with Crippen molar-refractivity contribution in [2.75, 3.05) is 0 Å². The van der Waals surface area contributed by atoms with Gasteiger partial charge in [-0.3, -0.25) is 0 Å². The van der Waals surface area contributed by atoms with Crippen molar-refractivity contribution in [3.05, 3.63) is 173 Å². The molecule has 0 bridgehead atoms. The fourth-order valence-corrected chi connectivity index (χ4v) is 10.5. The smallest absolute Gasteiger partial charge is 0.132 e. The number of rotatable bonds is 0. The maximum absolute atomic E-state index is 13.6. The topological polar surface area (TPSA) is 0 Å². The van der Waals surface area contributed by atoms with Gasteiger partial charge >= 0.3 is 0 Å². The molecule has 0 heterocycles. The van der Waals surface area contributed by atoms with Crippen molar-refractivity contribution in [3.63, 3.8) is 0 Å². The van der Waals surface area contributed by atoms with Gasteiger partial charge in [0.1, 0.15) is 29.1 Å². The van der Waals surface area contributed by atoms with Crippen molar-refractivity contribution < 1.29 is 381 Å². The van der Waals surface area contributed by atoms with E-state index in [2.05, 4.69) is 71.9 Å². The Morgan fingerprint density at radius 2 is 0.730 bits per heavy atom. The second-order valence-electron chi connectivity index (χ2n) is 21.0. The van der Waals surface area contributed by atoms with E-state index in [1.165, 1.54) is 72.9 Å². The van der Waals surface area contributed by atoms with Crippen molar-refractivity contribution in [1.29, 1.82) is 0 Å². The van der Waals surface area contributed by atoms with E-state index in [1.807, 2.05) is 32.9 Å². The Balaban J connectivity index is -0.000000402. The average Bonchev–Trinajstić information content (AvgIpc) is 3.26.